The van der Waals surface area contributed by atoms with E-state index >= 15 is 0 Å². The number of halogens is 2. The molecule has 2 aliphatic heterocycles. The molecule has 1 aromatic rings. The Hall–Kier alpha value is -2.19. The molecule has 108 valence electrons. The zero-order valence-corrected chi connectivity index (χ0v) is 12.2. The zero-order valence-electron chi connectivity index (χ0n) is 10.6. The average molecular weight is 354 g/mol. The molecule has 6 nitrogen and oxygen atoms in total. The van der Waals surface area contributed by atoms with Crippen molar-refractivity contribution in [1.82, 2.24) is 4.90 Å². The Labute approximate surface area is 128 Å². The van der Waals surface area contributed by atoms with Gasteiger partial charge in [-0.3, -0.25) is 0 Å². The SMILES string of the molecule is O=C(O)N1C=CC2=CN=C[NH+]2C1Nc1ccc(Br)cc1F. The summed E-state index contributed by atoms with van der Waals surface area (Å²) < 4.78 is 14.6. The molecule has 0 radical (unpaired) electrons. The van der Waals surface area contributed by atoms with E-state index in [4.69, 9.17) is 0 Å². The highest BCUT2D eigenvalue weighted by Gasteiger charge is 2.38. The molecule has 2 unspecified atom stereocenters. The van der Waals surface area contributed by atoms with Crippen LogP contribution in [-0.2, 0) is 0 Å². The summed E-state index contributed by atoms with van der Waals surface area (Å²) in [5.74, 6) is -0.467. The van der Waals surface area contributed by atoms with E-state index in [1.807, 2.05) is 0 Å². The standard InChI is InChI=1S/C13H10BrFN4O2/c14-8-1-2-11(10(15)5-8)17-12-18(13(20)21)4-3-9-6-16-7-19(9)12/h1-7,12,17H,(H,20,21)/p+1. The minimum absolute atomic E-state index is 0.219. The van der Waals surface area contributed by atoms with E-state index in [-0.39, 0.29) is 5.69 Å². The molecule has 2 atom stereocenters. The van der Waals surface area contributed by atoms with Crippen LogP contribution < -0.4 is 10.2 Å². The van der Waals surface area contributed by atoms with Crippen molar-refractivity contribution in [1.29, 1.82) is 0 Å². The van der Waals surface area contributed by atoms with Crippen LogP contribution in [0.1, 0.15) is 0 Å². The van der Waals surface area contributed by atoms with Crippen LogP contribution in [0, 0.1) is 5.82 Å². The summed E-state index contributed by atoms with van der Waals surface area (Å²) in [5, 5.41) is 12.2. The third-order valence-corrected chi connectivity index (χ3v) is 3.69. The van der Waals surface area contributed by atoms with Gasteiger partial charge >= 0.3 is 6.09 Å². The van der Waals surface area contributed by atoms with Crippen molar-refractivity contribution in [3.8, 4) is 0 Å². The van der Waals surface area contributed by atoms with Crippen molar-refractivity contribution >= 4 is 34.0 Å². The molecule has 0 aromatic heterocycles. The summed E-state index contributed by atoms with van der Waals surface area (Å²) in [4.78, 5) is 17.1. The minimum Gasteiger partial charge on any atom is -0.464 e. The molecule has 21 heavy (non-hydrogen) atoms. The van der Waals surface area contributed by atoms with Gasteiger partial charge in [0.15, 0.2) is 12.0 Å². The lowest BCUT2D eigenvalue weighted by molar-refractivity contribution is -0.790. The lowest BCUT2D eigenvalue weighted by Crippen LogP contribution is -3.16. The molecular formula is C13H11BrFN4O2+. The van der Waals surface area contributed by atoms with Gasteiger partial charge in [0.25, 0.3) is 6.29 Å². The van der Waals surface area contributed by atoms with Crippen molar-refractivity contribution in [2.24, 2.45) is 4.99 Å². The van der Waals surface area contributed by atoms with Crippen LogP contribution in [0.3, 0.4) is 0 Å². The maximum absolute atomic E-state index is 13.9. The molecule has 0 bridgehead atoms. The number of carboxylic acid groups (broad SMARTS) is 1. The van der Waals surface area contributed by atoms with Crippen LogP contribution >= 0.6 is 15.9 Å². The second kappa shape index (κ2) is 5.30. The summed E-state index contributed by atoms with van der Waals surface area (Å²) in [5.41, 5.74) is 1.03. The maximum Gasteiger partial charge on any atom is 0.417 e. The van der Waals surface area contributed by atoms with E-state index in [2.05, 4.69) is 26.2 Å². The van der Waals surface area contributed by atoms with Gasteiger partial charge < -0.3 is 10.4 Å². The first-order valence-corrected chi connectivity index (χ1v) is 6.87. The molecule has 0 fully saturated rings. The summed E-state index contributed by atoms with van der Waals surface area (Å²) in [6.45, 7) is 0. The third kappa shape index (κ3) is 2.55. The van der Waals surface area contributed by atoms with Gasteiger partial charge in [0.1, 0.15) is 5.82 Å². The number of aliphatic imine (C=N–C) groups is 1. The monoisotopic (exact) mass is 353 g/mol. The highest BCUT2D eigenvalue weighted by atomic mass is 79.9. The Morgan fingerprint density at radius 1 is 1.52 bits per heavy atom. The van der Waals surface area contributed by atoms with Gasteiger partial charge in [-0.15, -0.1) is 0 Å². The Bertz CT molecular complexity index is 689. The quantitative estimate of drug-likeness (QED) is 0.755. The summed E-state index contributed by atoms with van der Waals surface area (Å²) in [6.07, 6.45) is 4.45. The van der Waals surface area contributed by atoms with E-state index in [1.54, 1.807) is 30.7 Å². The molecule has 1 aromatic carbocycles. The van der Waals surface area contributed by atoms with E-state index < -0.39 is 18.2 Å². The Morgan fingerprint density at radius 3 is 3.05 bits per heavy atom. The van der Waals surface area contributed by atoms with E-state index in [1.165, 1.54) is 12.3 Å². The summed E-state index contributed by atoms with van der Waals surface area (Å²) in [7, 11) is 0. The average Bonchev–Trinajstić information content (AvgIpc) is 2.90. The number of amides is 1. The van der Waals surface area contributed by atoms with Gasteiger partial charge in [-0.1, -0.05) is 15.9 Å². The zero-order chi connectivity index (χ0) is 15.0. The number of quaternary nitrogens is 1. The fraction of sp³-hybridized carbons (Fsp3) is 0.0769. The molecule has 2 aliphatic rings. The van der Waals surface area contributed by atoms with Crippen LogP contribution in [-0.4, -0.2) is 28.7 Å². The van der Waals surface area contributed by atoms with Crippen LogP contribution in [0.2, 0.25) is 0 Å². The largest absolute Gasteiger partial charge is 0.464 e. The Morgan fingerprint density at radius 2 is 2.33 bits per heavy atom. The summed E-state index contributed by atoms with van der Waals surface area (Å²) >= 11 is 3.18. The lowest BCUT2D eigenvalue weighted by atomic mass is 10.3. The number of hydrogen-bond acceptors (Lipinski definition) is 3. The molecule has 3 N–H and O–H groups in total. The van der Waals surface area contributed by atoms with Gasteiger partial charge in [-0.05, 0) is 18.2 Å². The van der Waals surface area contributed by atoms with Crippen LogP contribution in [0.15, 0.2) is 51.8 Å². The molecular weight excluding hydrogens is 343 g/mol. The number of anilines is 1. The van der Waals surface area contributed by atoms with Gasteiger partial charge in [0, 0.05) is 16.7 Å². The van der Waals surface area contributed by atoms with Crippen LogP contribution in [0.4, 0.5) is 14.9 Å². The number of benzene rings is 1. The first kappa shape index (κ1) is 13.8. The predicted octanol–water partition coefficient (Wildman–Crippen LogP) is 1.56. The van der Waals surface area contributed by atoms with Gasteiger partial charge in [-0.25, -0.2) is 24.0 Å². The van der Waals surface area contributed by atoms with E-state index in [9.17, 15) is 14.3 Å². The molecule has 3 rings (SSSR count). The molecule has 0 spiro atoms. The third-order valence-electron chi connectivity index (χ3n) is 3.19. The molecule has 1 amide bonds. The fourth-order valence-corrected chi connectivity index (χ4v) is 2.52. The van der Waals surface area contributed by atoms with Crippen molar-refractivity contribution < 1.29 is 19.2 Å². The van der Waals surface area contributed by atoms with Crippen molar-refractivity contribution in [3.05, 3.63) is 52.7 Å². The van der Waals surface area contributed by atoms with Gasteiger partial charge in [0.2, 0.25) is 0 Å². The van der Waals surface area contributed by atoms with Crippen molar-refractivity contribution in [3.63, 3.8) is 0 Å². The van der Waals surface area contributed by atoms with Crippen LogP contribution in [0.5, 0.6) is 0 Å². The molecule has 0 saturated carbocycles. The second-order valence-corrected chi connectivity index (χ2v) is 5.41. The maximum atomic E-state index is 13.9. The topological polar surface area (TPSA) is 69.4 Å². The number of rotatable bonds is 2. The Kier molecular flexibility index (Phi) is 3.48. The highest BCUT2D eigenvalue weighted by Crippen LogP contribution is 2.20. The summed E-state index contributed by atoms with van der Waals surface area (Å²) in [6, 6.07) is 4.55. The number of nitrogens with zero attached hydrogens (tertiary/aromatic N) is 2. The van der Waals surface area contributed by atoms with Crippen molar-refractivity contribution in [2.45, 2.75) is 6.29 Å². The number of nitrogens with one attached hydrogen (secondary N) is 2. The minimum atomic E-state index is -1.13. The number of carbonyl (C=O) groups is 1. The van der Waals surface area contributed by atoms with E-state index in [0.29, 0.717) is 9.37 Å². The van der Waals surface area contributed by atoms with Gasteiger partial charge in [0.05, 0.1) is 11.9 Å². The smallest absolute Gasteiger partial charge is 0.417 e. The van der Waals surface area contributed by atoms with Crippen LogP contribution in [0.25, 0.3) is 0 Å². The highest BCUT2D eigenvalue weighted by molar-refractivity contribution is 9.10. The molecule has 2 heterocycles. The first-order chi connectivity index (χ1) is 10.1. The first-order valence-electron chi connectivity index (χ1n) is 6.08. The Balaban J connectivity index is 1.93. The van der Waals surface area contributed by atoms with Gasteiger partial charge in [-0.2, -0.15) is 0 Å². The molecule has 0 saturated heterocycles. The predicted molar refractivity (Wildman–Crippen MR) is 78.1 cm³/mol. The lowest BCUT2D eigenvalue weighted by Gasteiger charge is -2.33. The van der Waals surface area contributed by atoms with E-state index in [0.717, 1.165) is 10.6 Å². The number of allylic oxidation sites excluding steroid dienone is 1. The normalized spacial score (nSPS) is 23.0. The second-order valence-electron chi connectivity index (χ2n) is 4.49. The number of fused-ring (bicyclic) bond motifs is 1. The fourth-order valence-electron chi connectivity index (χ4n) is 2.19. The molecule has 0 aliphatic carbocycles. The van der Waals surface area contributed by atoms with Crippen molar-refractivity contribution in [2.75, 3.05) is 5.32 Å². The number of hydrogen-bond donors (Lipinski definition) is 3. The molecule has 8 heteroatoms.